The number of aliphatic hydroxyl groups is 1. The van der Waals surface area contributed by atoms with Crippen molar-refractivity contribution >= 4 is 0 Å². The number of hydrogen-bond donors (Lipinski definition) is 2. The van der Waals surface area contributed by atoms with Crippen LogP contribution in [0.5, 0.6) is 0 Å². The van der Waals surface area contributed by atoms with E-state index in [1.807, 2.05) is 0 Å². The standard InChI is InChI=1S/C15H24N2O/c1-11-5-3-4-6-14(11)15(12(2)16)17(9-10-18)13-7-8-13/h3-6,12-13,15,18H,7-10,16H2,1-2H3. The lowest BCUT2D eigenvalue weighted by Gasteiger charge is -2.35. The fourth-order valence-corrected chi connectivity index (χ4v) is 2.75. The van der Waals surface area contributed by atoms with E-state index < -0.39 is 0 Å². The number of aliphatic hydroxyl groups excluding tert-OH is 1. The predicted octanol–water partition coefficient (Wildman–Crippen LogP) is 1.84. The summed E-state index contributed by atoms with van der Waals surface area (Å²) in [6, 6.07) is 9.31. The van der Waals surface area contributed by atoms with Crippen LogP contribution < -0.4 is 5.73 Å². The fraction of sp³-hybridized carbons (Fsp3) is 0.600. The second-order valence-electron chi connectivity index (χ2n) is 5.35. The zero-order chi connectivity index (χ0) is 13.1. The van der Waals surface area contributed by atoms with E-state index >= 15 is 0 Å². The SMILES string of the molecule is Cc1ccccc1C(C(C)N)N(CCO)C1CC1. The minimum absolute atomic E-state index is 0.0678. The van der Waals surface area contributed by atoms with Crippen molar-refractivity contribution in [2.75, 3.05) is 13.2 Å². The molecule has 3 nitrogen and oxygen atoms in total. The highest BCUT2D eigenvalue weighted by Crippen LogP contribution is 2.36. The van der Waals surface area contributed by atoms with Crippen molar-refractivity contribution in [1.29, 1.82) is 0 Å². The molecular formula is C15H24N2O. The van der Waals surface area contributed by atoms with E-state index in [4.69, 9.17) is 5.73 Å². The molecule has 1 aromatic rings. The van der Waals surface area contributed by atoms with Gasteiger partial charge in [0.05, 0.1) is 12.6 Å². The summed E-state index contributed by atoms with van der Waals surface area (Å²) in [7, 11) is 0. The molecule has 2 unspecified atom stereocenters. The molecule has 1 aliphatic rings. The molecule has 1 fully saturated rings. The third-order valence-electron chi connectivity index (χ3n) is 3.74. The van der Waals surface area contributed by atoms with Crippen molar-refractivity contribution in [3.8, 4) is 0 Å². The molecule has 2 rings (SSSR count). The van der Waals surface area contributed by atoms with Gasteiger partial charge in [-0.3, -0.25) is 4.90 Å². The van der Waals surface area contributed by atoms with Crippen LogP contribution in [0.2, 0.25) is 0 Å². The van der Waals surface area contributed by atoms with Gasteiger partial charge in [-0.15, -0.1) is 0 Å². The summed E-state index contributed by atoms with van der Waals surface area (Å²) < 4.78 is 0. The van der Waals surface area contributed by atoms with Crippen LogP contribution in [0.3, 0.4) is 0 Å². The van der Waals surface area contributed by atoms with Crippen molar-refractivity contribution < 1.29 is 5.11 Å². The van der Waals surface area contributed by atoms with Gasteiger partial charge in [0, 0.05) is 18.6 Å². The second-order valence-corrected chi connectivity index (χ2v) is 5.35. The van der Waals surface area contributed by atoms with Gasteiger partial charge in [-0.2, -0.15) is 0 Å². The largest absolute Gasteiger partial charge is 0.395 e. The first-order valence-electron chi connectivity index (χ1n) is 6.83. The molecule has 0 heterocycles. The molecule has 2 atom stereocenters. The van der Waals surface area contributed by atoms with Crippen LogP contribution in [0.25, 0.3) is 0 Å². The number of nitrogens with zero attached hydrogens (tertiary/aromatic N) is 1. The molecule has 0 bridgehead atoms. The Labute approximate surface area is 110 Å². The van der Waals surface area contributed by atoms with Crippen LogP contribution in [0.1, 0.15) is 36.9 Å². The number of aryl methyl sites for hydroxylation is 1. The van der Waals surface area contributed by atoms with Gasteiger partial charge in [0.15, 0.2) is 0 Å². The first kappa shape index (κ1) is 13.5. The lowest BCUT2D eigenvalue weighted by molar-refractivity contribution is 0.128. The normalized spacial score (nSPS) is 18.9. The summed E-state index contributed by atoms with van der Waals surface area (Å²) in [4.78, 5) is 2.38. The Morgan fingerprint density at radius 3 is 2.56 bits per heavy atom. The highest BCUT2D eigenvalue weighted by atomic mass is 16.3. The van der Waals surface area contributed by atoms with Gasteiger partial charge in [0.25, 0.3) is 0 Å². The maximum absolute atomic E-state index is 9.28. The monoisotopic (exact) mass is 248 g/mol. The topological polar surface area (TPSA) is 49.5 Å². The van der Waals surface area contributed by atoms with E-state index in [0.29, 0.717) is 12.6 Å². The maximum Gasteiger partial charge on any atom is 0.0558 e. The van der Waals surface area contributed by atoms with Gasteiger partial charge < -0.3 is 10.8 Å². The molecule has 1 saturated carbocycles. The number of rotatable bonds is 6. The average molecular weight is 248 g/mol. The Morgan fingerprint density at radius 2 is 2.06 bits per heavy atom. The summed E-state index contributed by atoms with van der Waals surface area (Å²) in [5.41, 5.74) is 8.79. The molecule has 1 aromatic carbocycles. The summed E-state index contributed by atoms with van der Waals surface area (Å²) in [6.45, 7) is 5.11. The first-order chi connectivity index (χ1) is 8.65. The van der Waals surface area contributed by atoms with Crippen LogP contribution >= 0.6 is 0 Å². The quantitative estimate of drug-likeness (QED) is 0.807. The molecule has 0 aromatic heterocycles. The van der Waals surface area contributed by atoms with Crippen molar-refractivity contribution in [3.05, 3.63) is 35.4 Å². The Balaban J connectivity index is 2.29. The van der Waals surface area contributed by atoms with Crippen molar-refractivity contribution in [2.45, 2.75) is 44.8 Å². The van der Waals surface area contributed by atoms with Gasteiger partial charge in [-0.05, 0) is 37.8 Å². The highest BCUT2D eigenvalue weighted by Gasteiger charge is 2.36. The summed E-state index contributed by atoms with van der Waals surface area (Å²) in [6.07, 6.45) is 2.46. The Hall–Kier alpha value is -0.900. The molecule has 3 N–H and O–H groups in total. The molecule has 0 radical (unpaired) electrons. The maximum atomic E-state index is 9.28. The molecule has 18 heavy (non-hydrogen) atoms. The Morgan fingerprint density at radius 1 is 1.39 bits per heavy atom. The van der Waals surface area contributed by atoms with Crippen LogP contribution in [0, 0.1) is 6.92 Å². The second kappa shape index (κ2) is 5.83. The minimum atomic E-state index is 0.0678. The molecule has 1 aliphatic carbocycles. The van der Waals surface area contributed by atoms with Crippen molar-refractivity contribution in [2.24, 2.45) is 5.73 Å². The van der Waals surface area contributed by atoms with E-state index in [0.717, 1.165) is 0 Å². The third kappa shape index (κ3) is 2.91. The summed E-state index contributed by atoms with van der Waals surface area (Å²) in [5, 5.41) is 9.28. The molecule has 0 saturated heterocycles. The molecular weight excluding hydrogens is 224 g/mol. The number of nitrogens with two attached hydrogens (primary N) is 1. The zero-order valence-corrected chi connectivity index (χ0v) is 11.3. The van der Waals surface area contributed by atoms with Crippen molar-refractivity contribution in [1.82, 2.24) is 4.90 Å². The van der Waals surface area contributed by atoms with Gasteiger partial charge >= 0.3 is 0 Å². The van der Waals surface area contributed by atoms with Gasteiger partial charge in [-0.25, -0.2) is 0 Å². The predicted molar refractivity (Wildman–Crippen MR) is 74.4 cm³/mol. The van der Waals surface area contributed by atoms with Crippen LogP contribution in [-0.2, 0) is 0 Å². The minimum Gasteiger partial charge on any atom is -0.395 e. The lowest BCUT2D eigenvalue weighted by Crippen LogP contribution is -2.42. The van der Waals surface area contributed by atoms with E-state index in [2.05, 4.69) is 43.0 Å². The number of benzene rings is 1. The van der Waals surface area contributed by atoms with E-state index in [9.17, 15) is 5.11 Å². The van der Waals surface area contributed by atoms with Gasteiger partial charge in [0.1, 0.15) is 0 Å². The van der Waals surface area contributed by atoms with E-state index in [1.54, 1.807) is 0 Å². The summed E-state index contributed by atoms with van der Waals surface area (Å²) >= 11 is 0. The van der Waals surface area contributed by atoms with Crippen LogP contribution in [-0.4, -0.2) is 35.2 Å². The molecule has 0 aliphatic heterocycles. The zero-order valence-electron chi connectivity index (χ0n) is 11.3. The average Bonchev–Trinajstić information content (AvgIpc) is 3.14. The highest BCUT2D eigenvalue weighted by molar-refractivity contribution is 5.30. The Kier molecular flexibility index (Phi) is 4.38. The van der Waals surface area contributed by atoms with Crippen LogP contribution in [0.15, 0.2) is 24.3 Å². The van der Waals surface area contributed by atoms with E-state index in [1.165, 1.54) is 24.0 Å². The lowest BCUT2D eigenvalue weighted by atomic mass is 9.95. The molecule has 0 amide bonds. The molecule has 0 spiro atoms. The van der Waals surface area contributed by atoms with Gasteiger partial charge in [-0.1, -0.05) is 24.3 Å². The third-order valence-corrected chi connectivity index (χ3v) is 3.74. The molecule has 100 valence electrons. The van der Waals surface area contributed by atoms with Crippen molar-refractivity contribution in [3.63, 3.8) is 0 Å². The fourth-order valence-electron chi connectivity index (χ4n) is 2.75. The molecule has 3 heteroatoms. The Bertz CT molecular complexity index is 388. The van der Waals surface area contributed by atoms with Gasteiger partial charge in [0.2, 0.25) is 0 Å². The summed E-state index contributed by atoms with van der Waals surface area (Å²) in [5.74, 6) is 0. The smallest absolute Gasteiger partial charge is 0.0558 e. The van der Waals surface area contributed by atoms with Crippen LogP contribution in [0.4, 0.5) is 0 Å². The van der Waals surface area contributed by atoms with E-state index in [-0.39, 0.29) is 18.7 Å². The number of hydrogen-bond acceptors (Lipinski definition) is 3. The first-order valence-corrected chi connectivity index (χ1v) is 6.83.